The summed E-state index contributed by atoms with van der Waals surface area (Å²) in [4.78, 5) is 19.1. The van der Waals surface area contributed by atoms with Crippen molar-refractivity contribution in [2.75, 3.05) is 0 Å². The van der Waals surface area contributed by atoms with Crippen molar-refractivity contribution in [3.8, 4) is 0 Å². The highest BCUT2D eigenvalue weighted by molar-refractivity contribution is 7.99. The molecule has 0 atom stereocenters. The largest absolute Gasteiger partial charge is 0.348 e. The maximum Gasteiger partial charge on any atom is 0.251 e. The topological polar surface area (TPSA) is 42.0 Å². The Bertz CT molecular complexity index is 1080. The molecule has 4 aromatic rings. The molecule has 0 bridgehead atoms. The van der Waals surface area contributed by atoms with Crippen molar-refractivity contribution in [3.05, 3.63) is 102 Å². The average Bonchev–Trinajstić information content (AvgIpc) is 2.73. The highest BCUT2D eigenvalue weighted by Gasteiger charge is 2.07. The third kappa shape index (κ3) is 4.36. The zero-order valence-electron chi connectivity index (χ0n) is 14.6. The van der Waals surface area contributed by atoms with Crippen molar-refractivity contribution in [1.29, 1.82) is 0 Å². The summed E-state index contributed by atoms with van der Waals surface area (Å²) < 4.78 is 0. The first kappa shape index (κ1) is 17.3. The Morgan fingerprint density at radius 2 is 1.70 bits per heavy atom. The molecule has 1 amide bonds. The highest BCUT2D eigenvalue weighted by atomic mass is 32.2. The summed E-state index contributed by atoms with van der Waals surface area (Å²) in [7, 11) is 0. The van der Waals surface area contributed by atoms with Gasteiger partial charge in [0, 0.05) is 33.5 Å². The molecule has 4 rings (SSSR count). The lowest BCUT2D eigenvalue weighted by atomic mass is 10.1. The molecule has 0 aliphatic heterocycles. The number of pyridine rings is 1. The van der Waals surface area contributed by atoms with Gasteiger partial charge in [-0.05, 0) is 54.1 Å². The van der Waals surface area contributed by atoms with Crippen molar-refractivity contribution in [2.45, 2.75) is 16.3 Å². The first-order valence-corrected chi connectivity index (χ1v) is 9.54. The molecule has 0 unspecified atom stereocenters. The molecule has 0 radical (unpaired) electrons. The van der Waals surface area contributed by atoms with E-state index in [1.54, 1.807) is 18.0 Å². The maximum absolute atomic E-state index is 12.5. The van der Waals surface area contributed by atoms with E-state index >= 15 is 0 Å². The Kier molecular flexibility index (Phi) is 5.17. The van der Waals surface area contributed by atoms with E-state index in [4.69, 9.17) is 0 Å². The minimum atomic E-state index is -0.0816. The van der Waals surface area contributed by atoms with Gasteiger partial charge in [0.25, 0.3) is 5.91 Å². The molecular weight excluding hydrogens is 352 g/mol. The normalized spacial score (nSPS) is 10.7. The third-order valence-electron chi connectivity index (χ3n) is 4.20. The van der Waals surface area contributed by atoms with Gasteiger partial charge in [0.05, 0.1) is 5.52 Å². The Hall–Kier alpha value is -3.11. The average molecular weight is 370 g/mol. The van der Waals surface area contributed by atoms with Crippen molar-refractivity contribution < 1.29 is 4.79 Å². The van der Waals surface area contributed by atoms with Crippen molar-refractivity contribution >= 4 is 28.6 Å². The summed E-state index contributed by atoms with van der Waals surface area (Å²) in [6.07, 6.45) is 1.75. The summed E-state index contributed by atoms with van der Waals surface area (Å²) in [5.74, 6) is -0.0816. The number of carbonyl (C=O) groups excluding carboxylic acids is 1. The zero-order chi connectivity index (χ0) is 18.5. The SMILES string of the molecule is O=C(NCc1cccc(Sc2ccccc2)c1)c1ccc2ncccc2c1. The van der Waals surface area contributed by atoms with Crippen LogP contribution in [0, 0.1) is 0 Å². The van der Waals surface area contributed by atoms with Crippen LogP contribution in [-0.4, -0.2) is 10.9 Å². The number of hydrogen-bond donors (Lipinski definition) is 1. The van der Waals surface area contributed by atoms with Crippen LogP contribution < -0.4 is 5.32 Å². The number of amides is 1. The molecule has 0 aliphatic rings. The molecule has 1 heterocycles. The lowest BCUT2D eigenvalue weighted by molar-refractivity contribution is 0.0951. The highest BCUT2D eigenvalue weighted by Crippen LogP contribution is 2.27. The number of hydrogen-bond acceptors (Lipinski definition) is 3. The lowest BCUT2D eigenvalue weighted by Gasteiger charge is -2.08. The van der Waals surface area contributed by atoms with E-state index < -0.39 is 0 Å². The number of benzene rings is 3. The Labute approximate surface area is 162 Å². The fourth-order valence-electron chi connectivity index (χ4n) is 2.84. The second-order valence-corrected chi connectivity index (χ2v) is 7.30. The fraction of sp³-hybridized carbons (Fsp3) is 0.0435. The lowest BCUT2D eigenvalue weighted by Crippen LogP contribution is -2.22. The molecule has 0 fully saturated rings. The smallest absolute Gasteiger partial charge is 0.251 e. The van der Waals surface area contributed by atoms with Gasteiger partial charge in [-0.2, -0.15) is 0 Å². The third-order valence-corrected chi connectivity index (χ3v) is 5.19. The van der Waals surface area contributed by atoms with Crippen LogP contribution in [0.1, 0.15) is 15.9 Å². The number of carbonyl (C=O) groups is 1. The number of aromatic nitrogens is 1. The van der Waals surface area contributed by atoms with Crippen molar-refractivity contribution in [1.82, 2.24) is 10.3 Å². The molecular formula is C23H18N2OS. The standard InChI is InChI=1S/C23H18N2OS/c26-23(19-11-12-22-18(15-19)7-5-13-24-22)25-16-17-6-4-10-21(14-17)27-20-8-2-1-3-9-20/h1-15H,16H2,(H,25,26). The second-order valence-electron chi connectivity index (χ2n) is 6.16. The number of fused-ring (bicyclic) bond motifs is 1. The van der Waals surface area contributed by atoms with Crippen LogP contribution in [0.15, 0.2) is 101 Å². The second kappa shape index (κ2) is 8.06. The molecule has 1 aromatic heterocycles. The first-order chi connectivity index (χ1) is 13.3. The van der Waals surface area contributed by atoms with E-state index in [0.29, 0.717) is 12.1 Å². The van der Waals surface area contributed by atoms with Gasteiger partial charge < -0.3 is 5.32 Å². The Morgan fingerprint density at radius 1 is 0.852 bits per heavy atom. The van der Waals surface area contributed by atoms with Crippen molar-refractivity contribution in [3.63, 3.8) is 0 Å². The van der Waals surface area contributed by atoms with Gasteiger partial charge in [-0.1, -0.05) is 48.2 Å². The van der Waals surface area contributed by atoms with Crippen LogP contribution in [0.3, 0.4) is 0 Å². The van der Waals surface area contributed by atoms with E-state index in [1.807, 2.05) is 60.7 Å². The van der Waals surface area contributed by atoms with Crippen LogP contribution in [0.2, 0.25) is 0 Å². The van der Waals surface area contributed by atoms with E-state index in [1.165, 1.54) is 4.90 Å². The molecule has 27 heavy (non-hydrogen) atoms. The number of nitrogens with zero attached hydrogens (tertiary/aromatic N) is 1. The summed E-state index contributed by atoms with van der Waals surface area (Å²) in [5, 5.41) is 3.97. The molecule has 3 nitrogen and oxygen atoms in total. The van der Waals surface area contributed by atoms with Crippen LogP contribution >= 0.6 is 11.8 Å². The van der Waals surface area contributed by atoms with Crippen LogP contribution in [0.4, 0.5) is 0 Å². The van der Waals surface area contributed by atoms with Crippen LogP contribution in [-0.2, 0) is 6.54 Å². The van der Waals surface area contributed by atoms with Gasteiger partial charge in [-0.3, -0.25) is 9.78 Å². The molecule has 132 valence electrons. The quantitative estimate of drug-likeness (QED) is 0.517. The monoisotopic (exact) mass is 370 g/mol. The summed E-state index contributed by atoms with van der Waals surface area (Å²) in [6, 6.07) is 27.9. The Balaban J connectivity index is 1.43. The molecule has 0 aliphatic carbocycles. The van der Waals surface area contributed by atoms with Gasteiger partial charge in [0.15, 0.2) is 0 Å². The molecule has 0 spiro atoms. The Morgan fingerprint density at radius 3 is 2.59 bits per heavy atom. The zero-order valence-corrected chi connectivity index (χ0v) is 15.4. The summed E-state index contributed by atoms with van der Waals surface area (Å²) >= 11 is 1.71. The molecule has 3 aromatic carbocycles. The van der Waals surface area contributed by atoms with Crippen LogP contribution in [0.5, 0.6) is 0 Å². The molecule has 0 saturated heterocycles. The first-order valence-electron chi connectivity index (χ1n) is 8.73. The predicted octanol–water partition coefficient (Wildman–Crippen LogP) is 5.32. The van der Waals surface area contributed by atoms with Gasteiger partial charge in [-0.15, -0.1) is 0 Å². The summed E-state index contributed by atoms with van der Waals surface area (Å²) in [5.41, 5.74) is 2.61. The maximum atomic E-state index is 12.5. The van der Waals surface area contributed by atoms with Gasteiger partial charge in [-0.25, -0.2) is 0 Å². The van der Waals surface area contributed by atoms with E-state index in [9.17, 15) is 4.79 Å². The van der Waals surface area contributed by atoms with Gasteiger partial charge >= 0.3 is 0 Å². The number of rotatable bonds is 5. The van der Waals surface area contributed by atoms with Crippen molar-refractivity contribution in [2.24, 2.45) is 0 Å². The molecule has 0 saturated carbocycles. The van der Waals surface area contributed by atoms with E-state index in [2.05, 4.69) is 34.6 Å². The van der Waals surface area contributed by atoms with Gasteiger partial charge in [0.2, 0.25) is 0 Å². The van der Waals surface area contributed by atoms with Gasteiger partial charge in [0.1, 0.15) is 0 Å². The van der Waals surface area contributed by atoms with Crippen LogP contribution in [0.25, 0.3) is 10.9 Å². The number of nitrogens with one attached hydrogen (secondary N) is 1. The van der Waals surface area contributed by atoms with E-state index in [-0.39, 0.29) is 5.91 Å². The van der Waals surface area contributed by atoms with E-state index in [0.717, 1.165) is 21.4 Å². The minimum absolute atomic E-state index is 0.0816. The molecule has 4 heteroatoms. The fourth-order valence-corrected chi connectivity index (χ4v) is 3.77. The minimum Gasteiger partial charge on any atom is -0.348 e. The predicted molar refractivity (Wildman–Crippen MR) is 110 cm³/mol. The molecule has 1 N–H and O–H groups in total. The summed E-state index contributed by atoms with van der Waals surface area (Å²) in [6.45, 7) is 0.493.